The summed E-state index contributed by atoms with van der Waals surface area (Å²) < 4.78 is 66.1. The van der Waals surface area contributed by atoms with Crippen LogP contribution in [-0.2, 0) is 20.2 Å². The summed E-state index contributed by atoms with van der Waals surface area (Å²) >= 11 is 3.34. The van der Waals surface area contributed by atoms with Crippen LogP contribution in [0.2, 0.25) is 0 Å². The predicted octanol–water partition coefficient (Wildman–Crippen LogP) is 3.85. The van der Waals surface area contributed by atoms with Gasteiger partial charge in [0.1, 0.15) is 4.90 Å². The van der Waals surface area contributed by atoms with Crippen LogP contribution in [-0.4, -0.2) is 32.2 Å². The molecule has 0 spiro atoms. The normalized spacial score (nSPS) is 12.7. The summed E-state index contributed by atoms with van der Waals surface area (Å²) in [6.45, 7) is 0. The summed E-state index contributed by atoms with van der Waals surface area (Å²) in [5.41, 5.74) is 0.950. The average Bonchev–Trinajstić information content (AvgIpc) is 2.57. The summed E-state index contributed by atoms with van der Waals surface area (Å²) in [5, 5.41) is 0.222. The minimum Gasteiger partial charge on any atom is -0.282 e. The lowest BCUT2D eigenvalue weighted by Gasteiger charge is -2.09. The first-order valence-corrected chi connectivity index (χ1v) is 11.0. The molecule has 0 atom stereocenters. The van der Waals surface area contributed by atoms with E-state index in [9.17, 15) is 25.9 Å². The Balaban J connectivity index is 2.29. The van der Waals surface area contributed by atoms with Crippen molar-refractivity contribution in [2.75, 3.05) is 0 Å². The van der Waals surface area contributed by atoms with Crippen molar-refractivity contribution >= 4 is 58.8 Å². The maximum Gasteiger partial charge on any atom is 0.295 e. The van der Waals surface area contributed by atoms with Crippen LogP contribution in [0.25, 0.3) is 10.8 Å². The second-order valence-corrected chi connectivity index (χ2v) is 9.29. The Labute approximate surface area is 164 Å². The minimum atomic E-state index is -4.78. The van der Waals surface area contributed by atoms with E-state index in [-0.39, 0.29) is 16.5 Å². The van der Waals surface area contributed by atoms with Gasteiger partial charge < -0.3 is 0 Å². The lowest BCUT2D eigenvalue weighted by atomic mass is 10.1. The zero-order valence-corrected chi connectivity index (χ0v) is 16.7. The third-order valence-corrected chi connectivity index (χ3v) is 5.87. The van der Waals surface area contributed by atoms with Crippen molar-refractivity contribution in [3.05, 3.63) is 64.6 Å². The molecule has 0 aliphatic carbocycles. The van der Waals surface area contributed by atoms with Crippen molar-refractivity contribution in [1.82, 2.24) is 0 Å². The molecule has 0 radical (unpaired) electrons. The number of rotatable bonds is 4. The van der Waals surface area contributed by atoms with E-state index in [2.05, 4.69) is 20.9 Å². The minimum absolute atomic E-state index is 0.0404. The first-order chi connectivity index (χ1) is 12.6. The highest BCUT2D eigenvalue weighted by atomic mass is 79.9. The van der Waals surface area contributed by atoms with Crippen LogP contribution >= 0.6 is 15.9 Å². The number of hydrogen-bond donors (Lipinski definition) is 2. The monoisotopic (exact) mass is 469 g/mol. The Morgan fingerprint density at radius 3 is 2.22 bits per heavy atom. The van der Waals surface area contributed by atoms with Crippen molar-refractivity contribution in [2.45, 2.75) is 9.79 Å². The molecule has 2 N–H and O–H groups in total. The van der Waals surface area contributed by atoms with E-state index in [1.165, 1.54) is 18.3 Å². The summed E-state index contributed by atoms with van der Waals surface area (Å²) in [5.74, 6) is 0. The van der Waals surface area contributed by atoms with E-state index in [0.29, 0.717) is 6.07 Å². The number of nitrogens with zero attached hydrogens (tertiary/aromatic N) is 1. The van der Waals surface area contributed by atoms with Gasteiger partial charge in [-0.3, -0.25) is 14.1 Å². The van der Waals surface area contributed by atoms with Gasteiger partial charge in [-0.25, -0.2) is 0 Å². The van der Waals surface area contributed by atoms with E-state index in [1.54, 1.807) is 24.3 Å². The van der Waals surface area contributed by atoms with Crippen molar-refractivity contribution in [3.63, 3.8) is 0 Å². The van der Waals surface area contributed by atoms with E-state index in [1.807, 2.05) is 6.07 Å². The molecular formula is C17H12BrNO6S2. The Kier molecular flexibility index (Phi) is 5.19. The maximum atomic E-state index is 11.8. The summed E-state index contributed by atoms with van der Waals surface area (Å²) in [6.07, 6.45) is 1.50. The van der Waals surface area contributed by atoms with Gasteiger partial charge in [-0.05, 0) is 41.3 Å². The Hall–Kier alpha value is -2.11. The molecule has 0 saturated carbocycles. The smallest absolute Gasteiger partial charge is 0.282 e. The highest BCUT2D eigenvalue weighted by Crippen LogP contribution is 2.34. The zero-order chi connectivity index (χ0) is 19.8. The molecule has 0 amide bonds. The zero-order valence-electron chi connectivity index (χ0n) is 13.4. The molecule has 3 aromatic rings. The number of benzene rings is 3. The van der Waals surface area contributed by atoms with Gasteiger partial charge >= 0.3 is 0 Å². The van der Waals surface area contributed by atoms with Crippen LogP contribution in [0, 0.1) is 0 Å². The van der Waals surface area contributed by atoms with Crippen molar-refractivity contribution < 1.29 is 25.9 Å². The van der Waals surface area contributed by atoms with E-state index in [4.69, 9.17) is 0 Å². The lowest BCUT2D eigenvalue weighted by Crippen LogP contribution is -2.04. The molecule has 3 aromatic carbocycles. The molecule has 0 saturated heterocycles. The maximum absolute atomic E-state index is 11.8. The number of aliphatic imine (C=N–C) groups is 1. The van der Waals surface area contributed by atoms with Gasteiger partial charge in [-0.2, -0.15) is 16.8 Å². The molecule has 3 rings (SSSR count). The second-order valence-electron chi connectivity index (χ2n) is 5.56. The van der Waals surface area contributed by atoms with Gasteiger partial charge in [-0.15, -0.1) is 0 Å². The van der Waals surface area contributed by atoms with Crippen molar-refractivity contribution in [3.8, 4) is 0 Å². The molecular weight excluding hydrogens is 458 g/mol. The molecule has 0 unspecified atom stereocenters. The van der Waals surface area contributed by atoms with Gasteiger partial charge in [-0.1, -0.05) is 40.2 Å². The highest BCUT2D eigenvalue weighted by molar-refractivity contribution is 9.10. The molecule has 0 aliphatic heterocycles. The Bertz CT molecular complexity index is 1280. The van der Waals surface area contributed by atoms with Gasteiger partial charge in [0.2, 0.25) is 0 Å². The topological polar surface area (TPSA) is 121 Å². The van der Waals surface area contributed by atoms with Crippen molar-refractivity contribution in [1.29, 1.82) is 0 Å². The molecule has 0 bridgehead atoms. The van der Waals surface area contributed by atoms with Gasteiger partial charge in [0, 0.05) is 16.1 Å². The molecule has 0 aliphatic rings. The molecule has 10 heteroatoms. The first-order valence-electron chi connectivity index (χ1n) is 7.37. The summed E-state index contributed by atoms with van der Waals surface area (Å²) in [7, 11) is -9.45. The molecule has 0 aromatic heterocycles. The van der Waals surface area contributed by atoms with Crippen LogP contribution in [0.3, 0.4) is 0 Å². The van der Waals surface area contributed by atoms with Gasteiger partial charge in [0.15, 0.2) is 0 Å². The fraction of sp³-hybridized carbons (Fsp3) is 0. The van der Waals surface area contributed by atoms with Gasteiger partial charge in [0.25, 0.3) is 20.2 Å². The molecule has 0 fully saturated rings. The van der Waals surface area contributed by atoms with E-state index in [0.717, 1.165) is 16.1 Å². The SMILES string of the molecule is O=S(=O)(O)c1cc(S(=O)(=O)O)c2c(N=Cc3cccc(Br)c3)cccc2c1. The molecule has 0 heterocycles. The van der Waals surface area contributed by atoms with E-state index >= 15 is 0 Å². The highest BCUT2D eigenvalue weighted by Gasteiger charge is 2.22. The Morgan fingerprint density at radius 2 is 1.59 bits per heavy atom. The van der Waals surface area contributed by atoms with E-state index < -0.39 is 30.0 Å². The van der Waals surface area contributed by atoms with Crippen LogP contribution in [0.1, 0.15) is 5.56 Å². The van der Waals surface area contributed by atoms with Crippen LogP contribution in [0.15, 0.2) is 73.9 Å². The standard InChI is InChI=1S/C17H12BrNO6S2/c18-13-5-1-3-11(7-13)10-19-15-6-2-4-12-8-14(26(20,21)22)9-16(17(12)15)27(23,24)25/h1-10H,(H,20,21,22)(H,23,24,25). The largest absolute Gasteiger partial charge is 0.295 e. The van der Waals surface area contributed by atoms with Crippen molar-refractivity contribution in [2.24, 2.45) is 4.99 Å². The molecule has 140 valence electrons. The first kappa shape index (κ1) is 19.6. The van der Waals surface area contributed by atoms with Crippen LogP contribution in [0.5, 0.6) is 0 Å². The third kappa shape index (κ3) is 4.42. The Morgan fingerprint density at radius 1 is 0.889 bits per heavy atom. The lowest BCUT2D eigenvalue weighted by molar-refractivity contribution is 0.482. The number of hydrogen-bond acceptors (Lipinski definition) is 5. The fourth-order valence-corrected chi connectivity index (χ4v) is 4.32. The van der Waals surface area contributed by atoms with Crippen LogP contribution < -0.4 is 0 Å². The fourth-order valence-electron chi connectivity index (χ4n) is 2.53. The van der Waals surface area contributed by atoms with Crippen LogP contribution in [0.4, 0.5) is 5.69 Å². The third-order valence-electron chi connectivity index (χ3n) is 3.67. The predicted molar refractivity (Wildman–Crippen MR) is 105 cm³/mol. The summed E-state index contributed by atoms with van der Waals surface area (Å²) in [6, 6.07) is 13.6. The molecule has 7 nitrogen and oxygen atoms in total. The quantitative estimate of drug-likeness (QED) is 0.442. The summed E-state index contributed by atoms with van der Waals surface area (Å²) in [4.78, 5) is 2.98. The number of halogens is 1. The molecule has 27 heavy (non-hydrogen) atoms. The number of fused-ring (bicyclic) bond motifs is 1. The average molecular weight is 470 g/mol. The van der Waals surface area contributed by atoms with Gasteiger partial charge in [0.05, 0.1) is 10.6 Å². The second kappa shape index (κ2) is 7.13.